The molecule has 0 spiro atoms. The lowest BCUT2D eigenvalue weighted by molar-refractivity contribution is 0.199. The third-order valence-corrected chi connectivity index (χ3v) is 8.60. The molecule has 45 heavy (non-hydrogen) atoms. The van der Waals surface area contributed by atoms with Crippen LogP contribution < -0.4 is 10.2 Å². The average Bonchev–Trinajstić information content (AvgIpc) is 3.67. The van der Waals surface area contributed by atoms with Crippen LogP contribution in [0.4, 0.5) is 16.2 Å². The standard InChI is InChI=1S/C35H30N9O/c1-42-40-34(39-41-42)26-15-16-28-30(21-26)37-32(24-7-3-2-4-8-24)33(36-28)25-13-11-23(12-14-25)22-43-19-17-27(18-20-43)44-31-10-6-5-9-29(31)38-35(44)45/h2-16,21,27H,17-20,22H2,1H3. The molecule has 0 bridgehead atoms. The van der Waals surface area contributed by atoms with Gasteiger partial charge in [-0.15, -0.1) is 10.2 Å². The molecule has 2 aliphatic rings. The molecule has 221 valence electrons. The Bertz CT molecular complexity index is 2020. The van der Waals surface area contributed by atoms with E-state index in [1.807, 2.05) is 65.6 Å². The Hall–Kier alpha value is -5.48. The summed E-state index contributed by atoms with van der Waals surface area (Å²) in [4.78, 5) is 28.6. The van der Waals surface area contributed by atoms with Crippen LogP contribution in [0.3, 0.4) is 0 Å². The number of hydrogen-bond acceptors (Lipinski definition) is 7. The van der Waals surface area contributed by atoms with E-state index < -0.39 is 0 Å². The van der Waals surface area contributed by atoms with Gasteiger partial charge in [-0.05, 0) is 54.0 Å². The lowest BCUT2D eigenvalue weighted by Crippen LogP contribution is -2.46. The van der Waals surface area contributed by atoms with Gasteiger partial charge in [0.2, 0.25) is 5.82 Å². The number of aryl methyl sites for hydroxylation is 1. The molecule has 0 N–H and O–H groups in total. The Morgan fingerprint density at radius 1 is 0.756 bits per heavy atom. The van der Waals surface area contributed by atoms with Crippen molar-refractivity contribution in [1.29, 1.82) is 0 Å². The summed E-state index contributed by atoms with van der Waals surface area (Å²) >= 11 is 0. The lowest BCUT2D eigenvalue weighted by atomic mass is 10.0. The molecule has 10 heteroatoms. The van der Waals surface area contributed by atoms with Gasteiger partial charge < -0.3 is 0 Å². The highest BCUT2D eigenvalue weighted by Crippen LogP contribution is 2.36. The quantitative estimate of drug-likeness (QED) is 0.234. The topological polar surface area (TPSA) is 107 Å². The van der Waals surface area contributed by atoms with E-state index in [1.54, 1.807) is 7.05 Å². The zero-order valence-corrected chi connectivity index (χ0v) is 24.8. The molecule has 0 atom stereocenters. The summed E-state index contributed by atoms with van der Waals surface area (Å²) in [6.45, 7) is 2.72. The number of urea groups is 1. The maximum atomic E-state index is 12.6. The van der Waals surface area contributed by atoms with Gasteiger partial charge in [0.1, 0.15) is 0 Å². The van der Waals surface area contributed by atoms with E-state index in [4.69, 9.17) is 9.97 Å². The minimum Gasteiger partial charge on any atom is -0.299 e. The molecule has 1 radical (unpaired) electrons. The van der Waals surface area contributed by atoms with Crippen LogP contribution in [0.15, 0.2) is 97.1 Å². The van der Waals surface area contributed by atoms with Gasteiger partial charge in [0, 0.05) is 42.4 Å². The third-order valence-electron chi connectivity index (χ3n) is 8.60. The molecule has 0 unspecified atom stereocenters. The summed E-state index contributed by atoms with van der Waals surface area (Å²) in [7, 11) is 1.75. The van der Waals surface area contributed by atoms with Crippen molar-refractivity contribution in [2.45, 2.75) is 25.4 Å². The summed E-state index contributed by atoms with van der Waals surface area (Å²) in [6.07, 6.45) is 1.85. The van der Waals surface area contributed by atoms with Crippen LogP contribution in [0.5, 0.6) is 0 Å². The number of benzene rings is 4. The number of carbonyl (C=O) groups is 1. The molecule has 1 saturated heterocycles. The van der Waals surface area contributed by atoms with Crippen LogP contribution in [0.2, 0.25) is 0 Å². The molecule has 0 saturated carbocycles. The summed E-state index contributed by atoms with van der Waals surface area (Å²) in [5, 5.41) is 16.7. The van der Waals surface area contributed by atoms with Crippen molar-refractivity contribution in [2.75, 3.05) is 18.0 Å². The van der Waals surface area contributed by atoms with Crippen LogP contribution in [0.1, 0.15) is 18.4 Å². The first-order chi connectivity index (χ1) is 22.1. The van der Waals surface area contributed by atoms with E-state index in [2.05, 4.69) is 62.0 Å². The number of rotatable bonds is 6. The largest absolute Gasteiger partial charge is 0.348 e. The Morgan fingerprint density at radius 3 is 2.20 bits per heavy atom. The van der Waals surface area contributed by atoms with E-state index in [1.165, 1.54) is 10.4 Å². The van der Waals surface area contributed by atoms with Crippen LogP contribution in [0.25, 0.3) is 44.9 Å². The van der Waals surface area contributed by atoms with Crippen molar-refractivity contribution in [3.05, 3.63) is 103 Å². The smallest absolute Gasteiger partial charge is 0.299 e. The molecule has 4 aromatic carbocycles. The van der Waals surface area contributed by atoms with Gasteiger partial charge >= 0.3 is 6.03 Å². The predicted molar refractivity (Wildman–Crippen MR) is 173 cm³/mol. The summed E-state index contributed by atoms with van der Waals surface area (Å²) in [5.41, 5.74) is 9.06. The van der Waals surface area contributed by atoms with E-state index in [0.717, 1.165) is 83.0 Å². The molecular weight excluding hydrogens is 562 g/mol. The fourth-order valence-electron chi connectivity index (χ4n) is 6.33. The number of aromatic nitrogens is 6. The van der Waals surface area contributed by atoms with Gasteiger partial charge in [0.05, 0.1) is 40.8 Å². The number of nitrogens with zero attached hydrogens (tertiary/aromatic N) is 9. The number of amides is 2. The minimum atomic E-state index is -0.139. The molecule has 2 aliphatic heterocycles. The van der Waals surface area contributed by atoms with Gasteiger partial charge in [-0.25, -0.2) is 14.8 Å². The van der Waals surface area contributed by atoms with Gasteiger partial charge in [0.15, 0.2) is 0 Å². The number of carbonyl (C=O) groups excluding carboxylic acids is 1. The van der Waals surface area contributed by atoms with Gasteiger partial charge in [0.25, 0.3) is 0 Å². The van der Waals surface area contributed by atoms with Crippen molar-refractivity contribution in [1.82, 2.24) is 40.4 Å². The Morgan fingerprint density at radius 2 is 1.44 bits per heavy atom. The molecule has 4 heterocycles. The highest BCUT2D eigenvalue weighted by atomic mass is 16.2. The van der Waals surface area contributed by atoms with Crippen LogP contribution in [-0.2, 0) is 13.6 Å². The third kappa shape index (κ3) is 5.19. The fraction of sp³-hybridized carbons (Fsp3) is 0.200. The first kappa shape index (κ1) is 27.1. The zero-order chi connectivity index (χ0) is 30.3. The fourth-order valence-corrected chi connectivity index (χ4v) is 6.33. The summed E-state index contributed by atoms with van der Waals surface area (Å²) in [5.74, 6) is 0.553. The predicted octanol–water partition coefficient (Wildman–Crippen LogP) is 5.99. The maximum absolute atomic E-state index is 12.6. The molecule has 0 aliphatic carbocycles. The number of hydrogen-bond donors (Lipinski definition) is 0. The number of fused-ring (bicyclic) bond motifs is 2. The Labute approximate surface area is 260 Å². The van der Waals surface area contributed by atoms with Crippen LogP contribution >= 0.6 is 0 Å². The van der Waals surface area contributed by atoms with Crippen molar-refractivity contribution < 1.29 is 4.79 Å². The number of anilines is 1. The number of piperidine rings is 1. The monoisotopic (exact) mass is 592 g/mol. The van der Waals surface area contributed by atoms with E-state index in [-0.39, 0.29) is 12.1 Å². The van der Waals surface area contributed by atoms with Crippen LogP contribution in [0, 0.1) is 0 Å². The van der Waals surface area contributed by atoms with Crippen LogP contribution in [-0.4, -0.2) is 60.2 Å². The number of para-hydroxylation sites is 2. The van der Waals surface area contributed by atoms with E-state index >= 15 is 0 Å². The van der Waals surface area contributed by atoms with Crippen molar-refractivity contribution in [3.8, 4) is 33.9 Å². The average molecular weight is 593 g/mol. The Balaban J connectivity index is 1.02. The minimum absolute atomic E-state index is 0.139. The molecule has 6 aromatic rings. The second kappa shape index (κ2) is 11.2. The molecule has 2 amide bonds. The maximum Gasteiger partial charge on any atom is 0.348 e. The molecule has 10 nitrogen and oxygen atoms in total. The van der Waals surface area contributed by atoms with Crippen molar-refractivity contribution in [2.24, 2.45) is 7.05 Å². The summed E-state index contributed by atoms with van der Waals surface area (Å²) in [6, 6.07) is 32.6. The number of tetrazole rings is 1. The molecule has 2 aromatic heterocycles. The highest BCUT2D eigenvalue weighted by Gasteiger charge is 2.35. The van der Waals surface area contributed by atoms with Crippen molar-refractivity contribution in [3.63, 3.8) is 0 Å². The van der Waals surface area contributed by atoms with E-state index in [0.29, 0.717) is 5.82 Å². The van der Waals surface area contributed by atoms with Gasteiger partial charge in [-0.2, -0.15) is 10.1 Å². The van der Waals surface area contributed by atoms with E-state index in [9.17, 15) is 4.79 Å². The first-order valence-electron chi connectivity index (χ1n) is 15.2. The second-order valence-corrected chi connectivity index (χ2v) is 11.6. The zero-order valence-electron chi connectivity index (χ0n) is 24.8. The molecular formula is C35H30N9O. The van der Waals surface area contributed by atoms with Crippen molar-refractivity contribution >= 4 is 28.4 Å². The van der Waals surface area contributed by atoms with Gasteiger partial charge in [-0.3, -0.25) is 9.80 Å². The molecule has 8 rings (SSSR count). The SMILES string of the molecule is Cn1nnc(-c2ccc3nc(-c4ccc(CN5CCC(N6C(=O)[N]c7ccccc76)CC5)cc4)c(-c4ccccc4)nc3c2)n1. The normalized spacial score (nSPS) is 15.4. The second-order valence-electron chi connectivity index (χ2n) is 11.6. The van der Waals surface area contributed by atoms with Gasteiger partial charge in [-0.1, -0.05) is 66.7 Å². The summed E-state index contributed by atoms with van der Waals surface area (Å²) < 4.78 is 0. The Kier molecular flexibility index (Phi) is 6.76. The lowest BCUT2D eigenvalue weighted by Gasteiger charge is -2.36. The number of likely N-dealkylation sites (tertiary alicyclic amines) is 1. The first-order valence-corrected chi connectivity index (χ1v) is 15.2. The molecule has 1 fully saturated rings. The highest BCUT2D eigenvalue weighted by molar-refractivity contribution is 6.04.